The Hall–Kier alpha value is -0.970. The summed E-state index contributed by atoms with van der Waals surface area (Å²) in [6.07, 6.45) is 0. The minimum Gasteiger partial charge on any atom is -1.00 e. The molecular formula is C15H25ClNO3-. The van der Waals surface area contributed by atoms with E-state index < -0.39 is 0 Å². The number of aliphatic hydroxyl groups excluding tert-OH is 1. The predicted octanol–water partition coefficient (Wildman–Crippen LogP) is -0.651. The molecular weight excluding hydrogens is 278 g/mol. The minimum atomic E-state index is -0.287. The molecule has 1 aromatic rings. The van der Waals surface area contributed by atoms with Crippen LogP contribution in [0.1, 0.15) is 33.3 Å². The topological polar surface area (TPSA) is 50.7 Å². The van der Waals surface area contributed by atoms with Crippen LogP contribution in [0.4, 0.5) is 0 Å². The van der Waals surface area contributed by atoms with Gasteiger partial charge in [-0.2, -0.15) is 0 Å². The third kappa shape index (κ3) is 5.99. The molecule has 0 bridgehead atoms. The normalized spacial score (nSPS) is 10.8. The van der Waals surface area contributed by atoms with E-state index in [1.807, 2.05) is 45.9 Å². The Bertz CT molecular complexity index is 397. The van der Waals surface area contributed by atoms with Crippen molar-refractivity contribution in [3.63, 3.8) is 0 Å². The summed E-state index contributed by atoms with van der Waals surface area (Å²) in [5, 5.41) is 12.5. The standard InChI is InChI=1S/C15H25NO3.ClH/c1-5-18-13-8-7-12(9-14(13)19-6-2)10-16-15(3,4)11-17;/h7-9,16-17H,5-6,10-11H2,1-4H3;1H/p-1. The van der Waals surface area contributed by atoms with Crippen LogP contribution >= 0.6 is 0 Å². The van der Waals surface area contributed by atoms with E-state index >= 15 is 0 Å². The first-order valence-corrected chi connectivity index (χ1v) is 6.76. The summed E-state index contributed by atoms with van der Waals surface area (Å²) in [5.41, 5.74) is 0.818. The summed E-state index contributed by atoms with van der Waals surface area (Å²) in [7, 11) is 0. The zero-order valence-electron chi connectivity index (χ0n) is 12.7. The molecule has 1 rings (SSSR count). The Balaban J connectivity index is 0.00000361. The fourth-order valence-corrected chi connectivity index (χ4v) is 1.60. The fraction of sp³-hybridized carbons (Fsp3) is 0.600. The van der Waals surface area contributed by atoms with Crippen molar-refractivity contribution in [2.24, 2.45) is 0 Å². The van der Waals surface area contributed by atoms with Crippen LogP contribution in [-0.4, -0.2) is 30.5 Å². The molecule has 0 aromatic heterocycles. The summed E-state index contributed by atoms with van der Waals surface area (Å²) >= 11 is 0. The molecule has 1 aromatic carbocycles. The van der Waals surface area contributed by atoms with Crippen molar-refractivity contribution in [1.82, 2.24) is 5.32 Å². The van der Waals surface area contributed by atoms with Crippen molar-refractivity contribution in [3.05, 3.63) is 23.8 Å². The highest BCUT2D eigenvalue weighted by atomic mass is 35.5. The van der Waals surface area contributed by atoms with E-state index in [1.165, 1.54) is 0 Å². The van der Waals surface area contributed by atoms with E-state index in [-0.39, 0.29) is 24.6 Å². The van der Waals surface area contributed by atoms with Crippen molar-refractivity contribution in [1.29, 1.82) is 0 Å². The molecule has 0 amide bonds. The highest BCUT2D eigenvalue weighted by Crippen LogP contribution is 2.28. The Morgan fingerprint density at radius 1 is 1.10 bits per heavy atom. The third-order valence-corrected chi connectivity index (χ3v) is 2.77. The lowest BCUT2D eigenvalue weighted by atomic mass is 10.1. The van der Waals surface area contributed by atoms with Gasteiger partial charge in [0.15, 0.2) is 11.5 Å². The molecule has 0 aliphatic heterocycles. The summed E-state index contributed by atoms with van der Waals surface area (Å²) in [5.74, 6) is 1.54. The summed E-state index contributed by atoms with van der Waals surface area (Å²) < 4.78 is 11.1. The van der Waals surface area contributed by atoms with Gasteiger partial charge in [-0.15, -0.1) is 0 Å². The second kappa shape index (κ2) is 9.06. The van der Waals surface area contributed by atoms with Crippen molar-refractivity contribution >= 4 is 0 Å². The van der Waals surface area contributed by atoms with Gasteiger partial charge in [0.1, 0.15) is 0 Å². The van der Waals surface area contributed by atoms with Gasteiger partial charge in [0, 0.05) is 12.1 Å². The molecule has 0 radical (unpaired) electrons. The van der Waals surface area contributed by atoms with Crippen LogP contribution < -0.4 is 27.2 Å². The SMILES string of the molecule is CCOc1ccc(CNC(C)(C)CO)cc1OCC.[Cl-]. The van der Waals surface area contributed by atoms with Gasteiger partial charge in [-0.3, -0.25) is 0 Å². The third-order valence-electron chi connectivity index (χ3n) is 2.77. The van der Waals surface area contributed by atoms with E-state index in [1.54, 1.807) is 0 Å². The fourth-order valence-electron chi connectivity index (χ4n) is 1.60. The molecule has 0 heterocycles. The van der Waals surface area contributed by atoms with Crippen molar-refractivity contribution in [3.8, 4) is 11.5 Å². The summed E-state index contributed by atoms with van der Waals surface area (Å²) in [6.45, 7) is 9.84. The number of nitrogens with one attached hydrogen (secondary N) is 1. The molecule has 0 unspecified atom stereocenters. The van der Waals surface area contributed by atoms with Gasteiger partial charge in [0.25, 0.3) is 0 Å². The van der Waals surface area contributed by atoms with Crippen LogP contribution in [0.25, 0.3) is 0 Å². The smallest absolute Gasteiger partial charge is 0.161 e. The number of hydrogen-bond acceptors (Lipinski definition) is 4. The molecule has 0 fully saturated rings. The molecule has 0 saturated carbocycles. The lowest BCUT2D eigenvalue weighted by Gasteiger charge is -2.23. The Morgan fingerprint density at radius 3 is 2.25 bits per heavy atom. The maximum atomic E-state index is 9.22. The number of ether oxygens (including phenoxy) is 2. The summed E-state index contributed by atoms with van der Waals surface area (Å²) in [4.78, 5) is 0. The monoisotopic (exact) mass is 302 g/mol. The molecule has 0 saturated heterocycles. The average molecular weight is 303 g/mol. The highest BCUT2D eigenvalue weighted by Gasteiger charge is 2.15. The van der Waals surface area contributed by atoms with Gasteiger partial charge in [-0.05, 0) is 45.4 Å². The van der Waals surface area contributed by atoms with Gasteiger partial charge >= 0.3 is 0 Å². The molecule has 0 spiro atoms. The molecule has 0 aliphatic rings. The van der Waals surface area contributed by atoms with E-state index in [2.05, 4.69) is 5.32 Å². The van der Waals surface area contributed by atoms with Gasteiger partial charge in [0.2, 0.25) is 0 Å². The number of aliphatic hydroxyl groups is 1. The zero-order chi connectivity index (χ0) is 14.3. The van der Waals surface area contributed by atoms with Gasteiger partial charge in [-0.1, -0.05) is 6.07 Å². The van der Waals surface area contributed by atoms with Crippen molar-refractivity contribution in [2.45, 2.75) is 39.8 Å². The first-order valence-electron chi connectivity index (χ1n) is 6.76. The van der Waals surface area contributed by atoms with Crippen LogP contribution in [-0.2, 0) is 6.54 Å². The van der Waals surface area contributed by atoms with E-state index in [0.29, 0.717) is 19.8 Å². The largest absolute Gasteiger partial charge is 1.00 e. The average Bonchev–Trinajstić information content (AvgIpc) is 2.40. The molecule has 20 heavy (non-hydrogen) atoms. The molecule has 116 valence electrons. The summed E-state index contributed by atoms with van der Waals surface area (Å²) in [6, 6.07) is 5.92. The first kappa shape index (κ1) is 19.0. The van der Waals surface area contributed by atoms with Gasteiger partial charge < -0.3 is 32.3 Å². The Kier molecular flexibility index (Phi) is 8.62. The number of rotatable bonds is 8. The second-order valence-corrected chi connectivity index (χ2v) is 5.04. The number of benzene rings is 1. The Morgan fingerprint density at radius 2 is 1.70 bits per heavy atom. The second-order valence-electron chi connectivity index (χ2n) is 5.04. The molecule has 2 N–H and O–H groups in total. The predicted molar refractivity (Wildman–Crippen MR) is 76.8 cm³/mol. The van der Waals surface area contributed by atoms with Crippen LogP contribution in [0, 0.1) is 0 Å². The van der Waals surface area contributed by atoms with Gasteiger partial charge in [0.05, 0.1) is 19.8 Å². The van der Waals surface area contributed by atoms with Crippen molar-refractivity contribution in [2.75, 3.05) is 19.8 Å². The quantitative estimate of drug-likeness (QED) is 0.670. The van der Waals surface area contributed by atoms with Crippen molar-refractivity contribution < 1.29 is 27.0 Å². The number of halogens is 1. The maximum Gasteiger partial charge on any atom is 0.161 e. The molecule has 0 atom stereocenters. The van der Waals surface area contributed by atoms with Crippen LogP contribution in [0.15, 0.2) is 18.2 Å². The molecule has 0 aliphatic carbocycles. The van der Waals surface area contributed by atoms with Crippen LogP contribution in [0.5, 0.6) is 11.5 Å². The number of hydrogen-bond donors (Lipinski definition) is 2. The highest BCUT2D eigenvalue weighted by molar-refractivity contribution is 5.43. The van der Waals surface area contributed by atoms with E-state index in [9.17, 15) is 5.11 Å². The van der Waals surface area contributed by atoms with Crippen LogP contribution in [0.2, 0.25) is 0 Å². The molecule has 5 heteroatoms. The van der Waals surface area contributed by atoms with E-state index in [4.69, 9.17) is 9.47 Å². The zero-order valence-corrected chi connectivity index (χ0v) is 13.5. The lowest BCUT2D eigenvalue weighted by molar-refractivity contribution is -0.00000602. The first-order chi connectivity index (χ1) is 9.02. The molecule has 4 nitrogen and oxygen atoms in total. The maximum absolute atomic E-state index is 9.22. The van der Waals surface area contributed by atoms with Crippen LogP contribution in [0.3, 0.4) is 0 Å². The van der Waals surface area contributed by atoms with E-state index in [0.717, 1.165) is 17.1 Å². The Labute approximate surface area is 127 Å². The lowest BCUT2D eigenvalue weighted by Crippen LogP contribution is -3.00. The van der Waals surface area contributed by atoms with Gasteiger partial charge in [-0.25, -0.2) is 0 Å². The minimum absolute atomic E-state index is 0.